The average molecular weight is 472 g/mol. The highest BCUT2D eigenvalue weighted by atomic mass is 19.1. The number of alkyl halides is 1. The second-order valence-electron chi connectivity index (χ2n) is 9.27. The number of aromatic nitrogens is 4. The lowest BCUT2D eigenvalue weighted by Gasteiger charge is -2.37. The summed E-state index contributed by atoms with van der Waals surface area (Å²) in [5.74, 6) is 1.35. The molecule has 34 heavy (non-hydrogen) atoms. The van der Waals surface area contributed by atoms with Gasteiger partial charge in [0.25, 0.3) is 0 Å². The van der Waals surface area contributed by atoms with Crippen molar-refractivity contribution in [3.63, 3.8) is 0 Å². The molecule has 0 bridgehead atoms. The first-order valence-corrected chi connectivity index (χ1v) is 11.6. The number of carbonyl (C=O) groups excluding carboxylic acids is 1. The first kappa shape index (κ1) is 22.7. The van der Waals surface area contributed by atoms with Crippen molar-refractivity contribution in [3.05, 3.63) is 18.0 Å². The molecule has 11 nitrogen and oxygen atoms in total. The van der Waals surface area contributed by atoms with Crippen molar-refractivity contribution in [1.82, 2.24) is 24.8 Å². The van der Waals surface area contributed by atoms with E-state index in [9.17, 15) is 9.18 Å². The molecule has 0 spiro atoms. The van der Waals surface area contributed by atoms with Crippen LogP contribution in [-0.4, -0.2) is 94.9 Å². The van der Waals surface area contributed by atoms with Gasteiger partial charge in [-0.1, -0.05) is 0 Å². The number of rotatable bonds is 5. The SMILES string of the molecule is C[C@]1(N2CCc3c(-c4cnc(N)nc4)nc(N4CCOCC4)nc32)CCN(C(=O)[C@H](N)CF)C1. The smallest absolute Gasteiger partial charge is 0.242 e. The Labute approximate surface area is 197 Å². The number of halogens is 1. The molecule has 2 fully saturated rings. The van der Waals surface area contributed by atoms with Gasteiger partial charge >= 0.3 is 0 Å². The molecule has 3 aliphatic rings. The van der Waals surface area contributed by atoms with Crippen LogP contribution in [0.4, 0.5) is 22.1 Å². The molecule has 4 N–H and O–H groups in total. The van der Waals surface area contributed by atoms with Crippen molar-refractivity contribution < 1.29 is 13.9 Å². The zero-order valence-corrected chi connectivity index (χ0v) is 19.3. The van der Waals surface area contributed by atoms with E-state index in [2.05, 4.69) is 26.7 Å². The van der Waals surface area contributed by atoms with Crippen LogP contribution in [0.2, 0.25) is 0 Å². The highest BCUT2D eigenvalue weighted by molar-refractivity contribution is 5.82. The maximum Gasteiger partial charge on any atom is 0.242 e. The first-order chi connectivity index (χ1) is 16.4. The molecule has 2 aromatic heterocycles. The lowest BCUT2D eigenvalue weighted by Crippen LogP contribution is -2.51. The van der Waals surface area contributed by atoms with Gasteiger partial charge in [-0.05, 0) is 19.8 Å². The predicted molar refractivity (Wildman–Crippen MR) is 125 cm³/mol. The molecule has 1 amide bonds. The van der Waals surface area contributed by atoms with Gasteiger partial charge in [0.05, 0.1) is 24.4 Å². The molecule has 0 aliphatic carbocycles. The molecular formula is C22H30FN9O2. The van der Waals surface area contributed by atoms with Crippen LogP contribution in [0.5, 0.6) is 0 Å². The molecule has 2 aromatic rings. The molecule has 2 atom stereocenters. The highest BCUT2D eigenvalue weighted by Gasteiger charge is 2.45. The monoisotopic (exact) mass is 471 g/mol. The number of nitrogen functional groups attached to an aromatic ring is 1. The fourth-order valence-electron chi connectivity index (χ4n) is 5.03. The Bertz CT molecular complexity index is 1060. The molecule has 182 valence electrons. The van der Waals surface area contributed by atoms with E-state index in [1.165, 1.54) is 0 Å². The standard InChI is InChI=1S/C22H30FN9O2/c1-22(3-5-31(13-22)19(33)16(24)10-23)32-4-2-15-17(14-11-26-20(25)27-12-14)28-21(29-18(15)32)30-6-8-34-9-7-30/h11-12,16H,2-10,13,24H2,1H3,(H2,25,26,27)/t16-,22+/m1/s1. The Kier molecular flexibility index (Phi) is 5.94. The summed E-state index contributed by atoms with van der Waals surface area (Å²) < 4.78 is 18.5. The third-order valence-corrected chi connectivity index (χ3v) is 6.95. The topological polar surface area (TPSA) is 140 Å². The quantitative estimate of drug-likeness (QED) is 0.612. The van der Waals surface area contributed by atoms with Crippen LogP contribution >= 0.6 is 0 Å². The number of morpholine rings is 1. The van der Waals surface area contributed by atoms with Crippen LogP contribution in [0.25, 0.3) is 11.3 Å². The van der Waals surface area contributed by atoms with Gasteiger partial charge in [-0.2, -0.15) is 4.98 Å². The Morgan fingerprint density at radius 2 is 1.94 bits per heavy atom. The van der Waals surface area contributed by atoms with Crippen molar-refractivity contribution in [2.24, 2.45) is 5.73 Å². The molecule has 12 heteroatoms. The molecule has 0 radical (unpaired) electrons. The average Bonchev–Trinajstić information content (AvgIpc) is 3.48. The van der Waals surface area contributed by atoms with Crippen LogP contribution in [0.15, 0.2) is 12.4 Å². The van der Waals surface area contributed by atoms with Gasteiger partial charge in [0.2, 0.25) is 17.8 Å². The molecule has 5 rings (SSSR count). The molecule has 5 heterocycles. The fourth-order valence-corrected chi connectivity index (χ4v) is 5.03. The second kappa shape index (κ2) is 8.91. The van der Waals surface area contributed by atoms with Crippen LogP contribution in [0.3, 0.4) is 0 Å². The minimum atomic E-state index is -1.11. The number of anilines is 3. The number of ether oxygens (including phenoxy) is 1. The summed E-state index contributed by atoms with van der Waals surface area (Å²) in [6.45, 7) is 5.66. The number of hydrogen-bond donors (Lipinski definition) is 2. The Hall–Kier alpha value is -3.12. The van der Waals surface area contributed by atoms with Crippen molar-refractivity contribution in [3.8, 4) is 11.3 Å². The lowest BCUT2D eigenvalue weighted by atomic mass is 9.99. The number of fused-ring (bicyclic) bond motifs is 1. The largest absolute Gasteiger partial charge is 0.378 e. The Balaban J connectivity index is 1.52. The van der Waals surface area contributed by atoms with Gasteiger partial charge in [0, 0.05) is 56.2 Å². The first-order valence-electron chi connectivity index (χ1n) is 11.6. The third-order valence-electron chi connectivity index (χ3n) is 6.95. The highest BCUT2D eigenvalue weighted by Crippen LogP contribution is 2.41. The molecule has 2 saturated heterocycles. The van der Waals surface area contributed by atoms with E-state index in [0.717, 1.165) is 42.0 Å². The summed E-state index contributed by atoms with van der Waals surface area (Å²) in [5, 5.41) is 0. The van der Waals surface area contributed by atoms with Crippen molar-refractivity contribution in [2.75, 3.05) is 68.1 Å². The lowest BCUT2D eigenvalue weighted by molar-refractivity contribution is -0.132. The van der Waals surface area contributed by atoms with Gasteiger partial charge in [-0.3, -0.25) is 4.79 Å². The molecule has 3 aliphatic heterocycles. The number of carbonyl (C=O) groups is 1. The zero-order valence-electron chi connectivity index (χ0n) is 19.3. The zero-order chi connectivity index (χ0) is 23.9. The number of hydrogen-bond acceptors (Lipinski definition) is 10. The van der Waals surface area contributed by atoms with Gasteiger partial charge in [-0.15, -0.1) is 0 Å². The van der Waals surface area contributed by atoms with Crippen LogP contribution < -0.4 is 21.3 Å². The van der Waals surface area contributed by atoms with E-state index in [0.29, 0.717) is 45.3 Å². The van der Waals surface area contributed by atoms with Crippen LogP contribution in [0.1, 0.15) is 18.9 Å². The van der Waals surface area contributed by atoms with E-state index in [-0.39, 0.29) is 17.4 Å². The van der Waals surface area contributed by atoms with Crippen molar-refractivity contribution in [2.45, 2.75) is 31.3 Å². The van der Waals surface area contributed by atoms with E-state index < -0.39 is 12.7 Å². The molecule has 0 aromatic carbocycles. The summed E-state index contributed by atoms with van der Waals surface area (Å²) in [5.41, 5.74) is 13.6. The van der Waals surface area contributed by atoms with Gasteiger partial charge in [0.1, 0.15) is 18.5 Å². The van der Waals surface area contributed by atoms with E-state index >= 15 is 0 Å². The van der Waals surface area contributed by atoms with Gasteiger partial charge in [-0.25, -0.2) is 19.3 Å². The number of likely N-dealkylation sites (tertiary alicyclic amines) is 1. The normalized spacial score (nSPS) is 23.3. The van der Waals surface area contributed by atoms with E-state index in [1.54, 1.807) is 17.3 Å². The third kappa shape index (κ3) is 4.00. The summed E-state index contributed by atoms with van der Waals surface area (Å²) in [4.78, 5) is 36.8. The Morgan fingerprint density at radius 1 is 1.21 bits per heavy atom. The maximum atomic E-state index is 13.0. The van der Waals surface area contributed by atoms with Crippen molar-refractivity contribution in [1.29, 1.82) is 0 Å². The Morgan fingerprint density at radius 3 is 2.65 bits per heavy atom. The second-order valence-corrected chi connectivity index (χ2v) is 9.27. The predicted octanol–water partition coefficient (Wildman–Crippen LogP) is 0.00270. The molecule has 0 saturated carbocycles. The van der Waals surface area contributed by atoms with Crippen molar-refractivity contribution >= 4 is 23.6 Å². The summed E-state index contributed by atoms with van der Waals surface area (Å²) in [6.07, 6.45) is 4.87. The number of nitrogens with zero attached hydrogens (tertiary/aromatic N) is 7. The van der Waals surface area contributed by atoms with E-state index in [1.807, 2.05) is 0 Å². The summed E-state index contributed by atoms with van der Waals surface area (Å²) in [7, 11) is 0. The minimum Gasteiger partial charge on any atom is -0.378 e. The van der Waals surface area contributed by atoms with Gasteiger partial charge in [0.15, 0.2) is 0 Å². The van der Waals surface area contributed by atoms with E-state index in [4.69, 9.17) is 26.2 Å². The maximum absolute atomic E-state index is 13.0. The number of amides is 1. The van der Waals surface area contributed by atoms with Gasteiger partial charge < -0.3 is 30.9 Å². The summed E-state index contributed by atoms with van der Waals surface area (Å²) in [6, 6.07) is -1.11. The molecule has 0 unspecified atom stereocenters. The number of nitrogens with two attached hydrogens (primary N) is 2. The minimum absolute atomic E-state index is 0.208. The fraction of sp³-hybridized carbons (Fsp3) is 0.591. The molecular weight excluding hydrogens is 441 g/mol. The van der Waals surface area contributed by atoms with Crippen LogP contribution in [-0.2, 0) is 16.0 Å². The summed E-state index contributed by atoms with van der Waals surface area (Å²) >= 11 is 0. The van der Waals surface area contributed by atoms with Crippen LogP contribution in [0, 0.1) is 0 Å².